The molecule has 1 N–H and O–H groups in total. The zero-order chi connectivity index (χ0) is 20.8. The first kappa shape index (κ1) is 25.6. The van der Waals surface area contributed by atoms with Gasteiger partial charge in [-0.05, 0) is 33.2 Å². The Morgan fingerprint density at radius 3 is 2.57 bits per heavy atom. The number of guanidine groups is 1. The number of benzene rings is 1. The normalized spacial score (nSPS) is 22.1. The molecule has 6 nitrogen and oxygen atoms in total. The summed E-state index contributed by atoms with van der Waals surface area (Å²) in [6, 6.07) is 5.34. The summed E-state index contributed by atoms with van der Waals surface area (Å²) in [6.07, 6.45) is 0. The van der Waals surface area contributed by atoms with Crippen LogP contribution in [-0.4, -0.2) is 105 Å². The number of piperazine rings is 2. The van der Waals surface area contributed by atoms with Crippen LogP contribution < -0.4 is 5.32 Å². The van der Waals surface area contributed by atoms with E-state index in [1.807, 2.05) is 0 Å². The molecule has 170 valence electrons. The van der Waals surface area contributed by atoms with E-state index in [0.29, 0.717) is 23.2 Å². The van der Waals surface area contributed by atoms with Crippen molar-refractivity contribution in [2.45, 2.75) is 19.5 Å². The molecule has 9 heteroatoms. The first-order chi connectivity index (χ1) is 14.0. The summed E-state index contributed by atoms with van der Waals surface area (Å²) in [4.78, 5) is 14.3. The Hall–Kier alpha value is -0.680. The van der Waals surface area contributed by atoms with Gasteiger partial charge >= 0.3 is 0 Å². The van der Waals surface area contributed by atoms with Gasteiger partial charge in [0.15, 0.2) is 5.96 Å². The smallest absolute Gasteiger partial charge is 0.194 e. The van der Waals surface area contributed by atoms with E-state index in [-0.39, 0.29) is 29.8 Å². The van der Waals surface area contributed by atoms with Crippen molar-refractivity contribution in [3.63, 3.8) is 0 Å². The molecular weight excluding hydrogens is 518 g/mol. The van der Waals surface area contributed by atoms with Crippen LogP contribution in [0.5, 0.6) is 0 Å². The van der Waals surface area contributed by atoms with Crippen molar-refractivity contribution in [3.8, 4) is 0 Å². The van der Waals surface area contributed by atoms with Gasteiger partial charge in [-0.15, -0.1) is 24.0 Å². The van der Waals surface area contributed by atoms with Crippen LogP contribution in [0.25, 0.3) is 0 Å². The van der Waals surface area contributed by atoms with Gasteiger partial charge in [0.2, 0.25) is 0 Å². The highest BCUT2D eigenvalue weighted by Crippen LogP contribution is 2.21. The van der Waals surface area contributed by atoms with E-state index in [4.69, 9.17) is 16.6 Å². The van der Waals surface area contributed by atoms with Crippen LogP contribution in [0.2, 0.25) is 5.02 Å². The molecule has 1 unspecified atom stereocenters. The maximum absolute atomic E-state index is 14.1. The predicted octanol–water partition coefficient (Wildman–Crippen LogP) is 2.43. The van der Waals surface area contributed by atoms with E-state index >= 15 is 0 Å². The first-order valence-corrected chi connectivity index (χ1v) is 10.9. The van der Waals surface area contributed by atoms with Gasteiger partial charge < -0.3 is 15.1 Å². The summed E-state index contributed by atoms with van der Waals surface area (Å²) in [5.41, 5.74) is 0.590. The molecule has 1 aromatic carbocycles. The largest absolute Gasteiger partial charge is 0.357 e. The Balaban J connectivity index is 0.00000320. The fraction of sp³-hybridized carbons (Fsp3) is 0.667. The molecule has 0 saturated carbocycles. The Labute approximate surface area is 202 Å². The lowest BCUT2D eigenvalue weighted by atomic mass is 10.2. The van der Waals surface area contributed by atoms with Gasteiger partial charge in [0.25, 0.3) is 0 Å². The average molecular weight is 553 g/mol. The molecule has 0 aromatic heterocycles. The second-order valence-corrected chi connectivity index (χ2v) is 8.46. The molecule has 0 radical (unpaired) electrons. The molecule has 2 heterocycles. The van der Waals surface area contributed by atoms with Crippen LogP contribution in [0, 0.1) is 5.82 Å². The molecule has 2 aliphatic heterocycles. The van der Waals surface area contributed by atoms with Crippen LogP contribution in [-0.2, 0) is 6.54 Å². The van der Waals surface area contributed by atoms with E-state index in [1.165, 1.54) is 6.07 Å². The van der Waals surface area contributed by atoms with E-state index in [2.05, 4.69) is 45.9 Å². The van der Waals surface area contributed by atoms with Crippen molar-refractivity contribution in [2.24, 2.45) is 4.99 Å². The molecule has 0 aliphatic carbocycles. The standard InChI is InChI=1S/C21H34ClFN6.HI/c1-4-24-21(25-14-17-15-26(2)8-9-27(17)3)29-12-10-28(11-13-29)16-18-19(22)6-5-7-20(18)23;/h5-7,17H,4,8-16H2,1-3H3,(H,24,25);1H. The fourth-order valence-electron chi connectivity index (χ4n) is 3.94. The molecular formula is C21H35ClFIN6. The second kappa shape index (κ2) is 12.4. The molecule has 1 atom stereocenters. The fourth-order valence-corrected chi connectivity index (χ4v) is 4.16. The van der Waals surface area contributed by atoms with E-state index in [0.717, 1.165) is 64.9 Å². The molecule has 0 bridgehead atoms. The topological polar surface area (TPSA) is 37.4 Å². The quantitative estimate of drug-likeness (QED) is 0.345. The third-order valence-electron chi connectivity index (χ3n) is 5.88. The van der Waals surface area contributed by atoms with Crippen molar-refractivity contribution in [1.82, 2.24) is 24.9 Å². The SMILES string of the molecule is CCNC(=NCC1CN(C)CCN1C)N1CCN(Cc2c(F)cccc2Cl)CC1.I. The summed E-state index contributed by atoms with van der Waals surface area (Å²) >= 11 is 6.19. The van der Waals surface area contributed by atoms with Crippen molar-refractivity contribution >= 4 is 41.5 Å². The van der Waals surface area contributed by atoms with Crippen molar-refractivity contribution in [3.05, 3.63) is 34.6 Å². The van der Waals surface area contributed by atoms with Gasteiger partial charge in [0.1, 0.15) is 5.82 Å². The maximum Gasteiger partial charge on any atom is 0.194 e. The van der Waals surface area contributed by atoms with Crippen LogP contribution in [0.15, 0.2) is 23.2 Å². The molecule has 2 saturated heterocycles. The van der Waals surface area contributed by atoms with Crippen LogP contribution >= 0.6 is 35.6 Å². The molecule has 3 rings (SSSR count). The summed E-state index contributed by atoms with van der Waals surface area (Å²) < 4.78 is 14.1. The Bertz CT molecular complexity index is 678. The van der Waals surface area contributed by atoms with Crippen molar-refractivity contribution in [2.75, 3.05) is 73.0 Å². The molecule has 2 fully saturated rings. The number of likely N-dealkylation sites (N-methyl/N-ethyl adjacent to an activating group) is 2. The summed E-state index contributed by atoms with van der Waals surface area (Å²) in [5, 5.41) is 3.95. The Morgan fingerprint density at radius 2 is 1.90 bits per heavy atom. The highest BCUT2D eigenvalue weighted by atomic mass is 127. The number of rotatable bonds is 5. The van der Waals surface area contributed by atoms with Gasteiger partial charge in [-0.1, -0.05) is 17.7 Å². The lowest BCUT2D eigenvalue weighted by molar-refractivity contribution is 0.119. The molecule has 1 aromatic rings. The number of hydrogen-bond donors (Lipinski definition) is 1. The highest BCUT2D eigenvalue weighted by Gasteiger charge is 2.24. The lowest BCUT2D eigenvalue weighted by Gasteiger charge is -2.38. The van der Waals surface area contributed by atoms with E-state index in [1.54, 1.807) is 12.1 Å². The third kappa shape index (κ3) is 6.91. The summed E-state index contributed by atoms with van der Waals surface area (Å²) in [7, 11) is 4.36. The van der Waals surface area contributed by atoms with Gasteiger partial charge in [0, 0.05) is 75.5 Å². The van der Waals surface area contributed by atoms with Crippen LogP contribution in [0.1, 0.15) is 12.5 Å². The van der Waals surface area contributed by atoms with E-state index in [9.17, 15) is 4.39 Å². The number of nitrogens with zero attached hydrogens (tertiary/aromatic N) is 5. The Kier molecular flexibility index (Phi) is 10.6. The van der Waals surface area contributed by atoms with E-state index < -0.39 is 0 Å². The summed E-state index contributed by atoms with van der Waals surface area (Å²) in [5.74, 6) is 0.758. The Morgan fingerprint density at radius 1 is 1.17 bits per heavy atom. The van der Waals surface area contributed by atoms with Gasteiger partial charge in [-0.25, -0.2) is 4.39 Å². The van der Waals surface area contributed by atoms with Crippen LogP contribution in [0.4, 0.5) is 4.39 Å². The molecule has 30 heavy (non-hydrogen) atoms. The molecule has 0 amide bonds. The third-order valence-corrected chi connectivity index (χ3v) is 6.24. The molecule has 2 aliphatic rings. The number of halogens is 3. The highest BCUT2D eigenvalue weighted by molar-refractivity contribution is 14.0. The number of nitrogens with one attached hydrogen (secondary N) is 1. The average Bonchev–Trinajstić information content (AvgIpc) is 2.71. The molecule has 0 spiro atoms. The predicted molar refractivity (Wildman–Crippen MR) is 134 cm³/mol. The minimum absolute atomic E-state index is 0. The van der Waals surface area contributed by atoms with Gasteiger partial charge in [-0.3, -0.25) is 14.8 Å². The van der Waals surface area contributed by atoms with Gasteiger partial charge in [0.05, 0.1) is 6.54 Å². The van der Waals surface area contributed by atoms with Crippen LogP contribution in [0.3, 0.4) is 0 Å². The number of aliphatic imine (C=N–C) groups is 1. The lowest BCUT2D eigenvalue weighted by Crippen LogP contribution is -2.54. The zero-order valence-electron chi connectivity index (χ0n) is 18.3. The van der Waals surface area contributed by atoms with Crippen molar-refractivity contribution in [1.29, 1.82) is 0 Å². The summed E-state index contributed by atoms with van der Waals surface area (Å²) in [6.45, 7) is 11.0. The minimum atomic E-state index is -0.226. The zero-order valence-corrected chi connectivity index (χ0v) is 21.4. The second-order valence-electron chi connectivity index (χ2n) is 8.05. The minimum Gasteiger partial charge on any atom is -0.357 e. The first-order valence-electron chi connectivity index (χ1n) is 10.5. The monoisotopic (exact) mass is 552 g/mol. The number of hydrogen-bond acceptors (Lipinski definition) is 4. The van der Waals surface area contributed by atoms with Gasteiger partial charge in [-0.2, -0.15) is 0 Å². The van der Waals surface area contributed by atoms with Crippen molar-refractivity contribution < 1.29 is 4.39 Å². The maximum atomic E-state index is 14.1.